The number of para-hydroxylation sites is 1. The molecule has 5 aromatic rings. The summed E-state index contributed by atoms with van der Waals surface area (Å²) in [6.45, 7) is 5.89. The van der Waals surface area contributed by atoms with Crippen LogP contribution in [0.5, 0.6) is 0 Å². The van der Waals surface area contributed by atoms with Crippen molar-refractivity contribution in [2.24, 2.45) is 0 Å². The van der Waals surface area contributed by atoms with Gasteiger partial charge in [0.1, 0.15) is 17.7 Å². The summed E-state index contributed by atoms with van der Waals surface area (Å²) in [6.07, 6.45) is 1.56. The Morgan fingerprint density at radius 1 is 1.00 bits per heavy atom. The fraction of sp³-hybridized carbons (Fsp3) is 0.148. The zero-order valence-corrected chi connectivity index (χ0v) is 18.7. The molecular formula is C27H24N4O2. The van der Waals surface area contributed by atoms with Crippen molar-refractivity contribution in [3.63, 3.8) is 0 Å². The number of hydrogen-bond acceptors (Lipinski definition) is 5. The van der Waals surface area contributed by atoms with Crippen molar-refractivity contribution < 1.29 is 4.42 Å². The van der Waals surface area contributed by atoms with Crippen molar-refractivity contribution in [1.29, 1.82) is 0 Å². The maximum atomic E-state index is 13.3. The van der Waals surface area contributed by atoms with Gasteiger partial charge in [0.2, 0.25) is 0 Å². The molecule has 0 saturated carbocycles. The highest BCUT2D eigenvalue weighted by Gasteiger charge is 2.19. The van der Waals surface area contributed by atoms with Crippen LogP contribution in [-0.4, -0.2) is 15.2 Å². The van der Waals surface area contributed by atoms with Crippen molar-refractivity contribution in [1.82, 2.24) is 15.2 Å². The standard InChI is InChI=1S/C27H24N4O2/c1-16-13-21(18(3)30-23-12-8-7-11-20(23)27-28-15-29-31-27)26-22(14-16)24(32)17(2)25(33-26)19-9-5-4-6-10-19/h4-15,18,30H,1-3H3,(H,28,29,31). The number of nitrogens with zero attached hydrogens (tertiary/aromatic N) is 2. The summed E-state index contributed by atoms with van der Waals surface area (Å²) < 4.78 is 6.44. The Hall–Kier alpha value is -4.19. The third-order valence-corrected chi connectivity index (χ3v) is 5.87. The van der Waals surface area contributed by atoms with Crippen LogP contribution < -0.4 is 10.7 Å². The van der Waals surface area contributed by atoms with E-state index in [2.05, 4.69) is 33.5 Å². The van der Waals surface area contributed by atoms with Gasteiger partial charge in [0.25, 0.3) is 0 Å². The van der Waals surface area contributed by atoms with Crippen molar-refractivity contribution in [3.05, 3.63) is 100.0 Å². The molecule has 0 aliphatic carbocycles. The van der Waals surface area contributed by atoms with Gasteiger partial charge in [0.05, 0.1) is 11.4 Å². The van der Waals surface area contributed by atoms with Gasteiger partial charge in [-0.05, 0) is 44.5 Å². The molecule has 5 rings (SSSR count). The number of aromatic nitrogens is 3. The fourth-order valence-corrected chi connectivity index (χ4v) is 4.22. The summed E-state index contributed by atoms with van der Waals surface area (Å²) >= 11 is 0. The number of hydrogen-bond donors (Lipinski definition) is 2. The summed E-state index contributed by atoms with van der Waals surface area (Å²) in [7, 11) is 0. The lowest BCUT2D eigenvalue weighted by atomic mass is 9.98. The largest absolute Gasteiger partial charge is 0.455 e. The van der Waals surface area contributed by atoms with Crippen LogP contribution >= 0.6 is 0 Å². The number of rotatable bonds is 5. The Labute approximate surface area is 191 Å². The maximum absolute atomic E-state index is 13.3. The number of aryl methyl sites for hydroxylation is 1. The molecule has 0 fully saturated rings. The molecule has 1 atom stereocenters. The first-order valence-corrected chi connectivity index (χ1v) is 10.9. The highest BCUT2D eigenvalue weighted by atomic mass is 16.3. The molecule has 6 nitrogen and oxygen atoms in total. The van der Waals surface area contributed by atoms with E-state index in [9.17, 15) is 4.79 Å². The van der Waals surface area contributed by atoms with Crippen molar-refractivity contribution in [3.8, 4) is 22.7 Å². The molecule has 0 bridgehead atoms. The van der Waals surface area contributed by atoms with Crippen LogP contribution in [0.2, 0.25) is 0 Å². The highest BCUT2D eigenvalue weighted by molar-refractivity contribution is 5.85. The Morgan fingerprint density at radius 2 is 1.76 bits per heavy atom. The summed E-state index contributed by atoms with van der Waals surface area (Å²) in [5, 5.41) is 12.2. The normalized spacial score (nSPS) is 12.1. The molecule has 0 aliphatic rings. The van der Waals surface area contributed by atoms with E-state index in [1.807, 2.05) is 74.5 Å². The van der Waals surface area contributed by atoms with Gasteiger partial charge in [0, 0.05) is 27.9 Å². The predicted molar refractivity (Wildman–Crippen MR) is 131 cm³/mol. The lowest BCUT2D eigenvalue weighted by Crippen LogP contribution is -2.13. The second-order valence-corrected chi connectivity index (χ2v) is 8.23. The van der Waals surface area contributed by atoms with Gasteiger partial charge in [0.15, 0.2) is 11.3 Å². The topological polar surface area (TPSA) is 83.8 Å². The molecule has 0 saturated heterocycles. The second-order valence-electron chi connectivity index (χ2n) is 8.23. The minimum absolute atomic E-state index is 0.00527. The van der Waals surface area contributed by atoms with Gasteiger partial charge in [-0.1, -0.05) is 48.5 Å². The van der Waals surface area contributed by atoms with E-state index in [1.54, 1.807) is 6.33 Å². The molecule has 0 spiro atoms. The first-order valence-electron chi connectivity index (χ1n) is 10.9. The van der Waals surface area contributed by atoms with Crippen LogP contribution in [0.1, 0.15) is 29.7 Å². The van der Waals surface area contributed by atoms with Gasteiger partial charge >= 0.3 is 0 Å². The average Bonchev–Trinajstić information content (AvgIpc) is 3.37. The number of aromatic amines is 1. The smallest absolute Gasteiger partial charge is 0.196 e. The molecule has 2 N–H and O–H groups in total. The molecule has 1 unspecified atom stereocenters. The summed E-state index contributed by atoms with van der Waals surface area (Å²) in [6, 6.07) is 21.5. The van der Waals surface area contributed by atoms with Crippen molar-refractivity contribution in [2.45, 2.75) is 26.8 Å². The van der Waals surface area contributed by atoms with Crippen LogP contribution in [0.4, 0.5) is 5.69 Å². The minimum atomic E-state index is -0.133. The number of benzene rings is 3. The molecule has 164 valence electrons. The van der Waals surface area contributed by atoms with Gasteiger partial charge in [-0.25, -0.2) is 0 Å². The quantitative estimate of drug-likeness (QED) is 0.351. The number of anilines is 1. The number of H-pyrrole nitrogens is 1. The third kappa shape index (κ3) is 3.80. The molecule has 2 aromatic heterocycles. The number of fused-ring (bicyclic) bond motifs is 1. The Kier molecular flexibility index (Phi) is 5.26. The molecule has 2 heterocycles. The monoisotopic (exact) mass is 436 g/mol. The lowest BCUT2D eigenvalue weighted by molar-refractivity contribution is 0.605. The van der Waals surface area contributed by atoms with Gasteiger partial charge < -0.3 is 14.7 Å². The third-order valence-electron chi connectivity index (χ3n) is 5.87. The van der Waals surface area contributed by atoms with Crippen LogP contribution in [-0.2, 0) is 0 Å². The fourth-order valence-electron chi connectivity index (χ4n) is 4.22. The van der Waals surface area contributed by atoms with Gasteiger partial charge in [-0.2, -0.15) is 0 Å². The van der Waals surface area contributed by atoms with E-state index in [1.165, 1.54) is 0 Å². The summed E-state index contributed by atoms with van der Waals surface area (Å²) in [5.41, 5.74) is 5.86. The molecule has 0 radical (unpaired) electrons. The van der Waals surface area contributed by atoms with E-state index in [0.717, 1.165) is 27.9 Å². The molecule has 0 aliphatic heterocycles. The maximum Gasteiger partial charge on any atom is 0.196 e. The first kappa shape index (κ1) is 20.7. The van der Waals surface area contributed by atoms with Gasteiger partial charge in [-0.3, -0.25) is 4.79 Å². The van der Waals surface area contributed by atoms with Crippen molar-refractivity contribution in [2.75, 3.05) is 5.32 Å². The van der Waals surface area contributed by atoms with Crippen LogP contribution in [0.15, 0.2) is 82.3 Å². The van der Waals surface area contributed by atoms with Crippen LogP contribution in [0.3, 0.4) is 0 Å². The summed E-state index contributed by atoms with van der Waals surface area (Å²) in [4.78, 5) is 16.4. The molecule has 33 heavy (non-hydrogen) atoms. The van der Waals surface area contributed by atoms with E-state index >= 15 is 0 Å². The number of nitrogens with one attached hydrogen (secondary N) is 2. The Balaban J connectivity index is 1.64. The molecule has 6 heteroatoms. The SMILES string of the molecule is Cc1cc(C(C)Nc2ccccc2-c2nnc[nH]2)c2oc(-c3ccccc3)c(C)c(=O)c2c1. The predicted octanol–water partition coefficient (Wildman–Crippen LogP) is 6.04. The summed E-state index contributed by atoms with van der Waals surface area (Å²) in [5.74, 6) is 1.29. The Morgan fingerprint density at radius 3 is 2.52 bits per heavy atom. The van der Waals surface area contributed by atoms with Crippen LogP contribution in [0.25, 0.3) is 33.7 Å². The molecule has 0 amide bonds. The zero-order valence-electron chi connectivity index (χ0n) is 18.7. The van der Waals surface area contributed by atoms with Crippen LogP contribution in [0, 0.1) is 13.8 Å². The lowest BCUT2D eigenvalue weighted by Gasteiger charge is -2.20. The van der Waals surface area contributed by atoms with Crippen molar-refractivity contribution >= 4 is 16.7 Å². The first-order chi connectivity index (χ1) is 16.0. The second kappa shape index (κ2) is 8.39. The zero-order chi connectivity index (χ0) is 22.9. The average molecular weight is 437 g/mol. The van der Waals surface area contributed by atoms with E-state index in [-0.39, 0.29) is 11.5 Å². The van der Waals surface area contributed by atoms with E-state index in [4.69, 9.17) is 4.42 Å². The molecule has 3 aromatic carbocycles. The van der Waals surface area contributed by atoms with E-state index in [0.29, 0.717) is 28.1 Å². The molecular weight excluding hydrogens is 412 g/mol. The van der Waals surface area contributed by atoms with Gasteiger partial charge in [-0.15, -0.1) is 10.2 Å². The van der Waals surface area contributed by atoms with E-state index < -0.39 is 0 Å². The highest BCUT2D eigenvalue weighted by Crippen LogP contribution is 2.33. The minimum Gasteiger partial charge on any atom is -0.455 e. The Bertz CT molecular complexity index is 1490.